The van der Waals surface area contributed by atoms with Crippen molar-refractivity contribution < 1.29 is 53.8 Å². The summed E-state index contributed by atoms with van der Waals surface area (Å²) in [5, 5.41) is 39.8. The predicted molar refractivity (Wildman–Crippen MR) is 220 cm³/mol. The van der Waals surface area contributed by atoms with E-state index in [4.69, 9.17) is 18.9 Å². The minimum absolute atomic E-state index is 0.184. The first-order chi connectivity index (χ1) is 27.2. The number of carbonyl (C=O) groups is 3. The average molecular weight is 797 g/mol. The largest absolute Gasteiger partial charge is 0.479 e. The molecule has 1 aliphatic rings. The van der Waals surface area contributed by atoms with Gasteiger partial charge >= 0.3 is 17.9 Å². The standard InChI is InChI=1S/C45H80O11/c1-3-5-7-9-11-13-15-17-19-21-23-25-27-29-31-33-38(46)53-35-37(36-54-45-42(50)40(48)41(49)43(56-45)44(51)52)55-39(47)34-32-30-28-26-24-22-20-18-16-14-12-10-8-6-4-2/h11,13,17,19,37,40-43,45,48-50H,3-10,12,14-16,18,20-36H2,1-2H3,(H,51,52)/b13-11-,19-17-. The molecule has 1 rings (SSSR count). The average Bonchev–Trinajstić information content (AvgIpc) is 3.18. The Morgan fingerprint density at radius 3 is 1.52 bits per heavy atom. The first kappa shape index (κ1) is 51.7. The maximum absolute atomic E-state index is 12.8. The summed E-state index contributed by atoms with van der Waals surface area (Å²) in [7, 11) is 0. The van der Waals surface area contributed by atoms with Gasteiger partial charge in [-0.05, 0) is 44.9 Å². The molecule has 0 aliphatic carbocycles. The van der Waals surface area contributed by atoms with Crippen LogP contribution in [0.15, 0.2) is 24.3 Å². The van der Waals surface area contributed by atoms with Gasteiger partial charge in [-0.15, -0.1) is 0 Å². The van der Waals surface area contributed by atoms with Crippen molar-refractivity contribution in [1.29, 1.82) is 0 Å². The van der Waals surface area contributed by atoms with Crippen LogP contribution < -0.4 is 0 Å². The molecule has 1 fully saturated rings. The Bertz CT molecular complexity index is 1030. The molecule has 1 saturated heterocycles. The summed E-state index contributed by atoms with van der Waals surface area (Å²) in [4.78, 5) is 36.8. The summed E-state index contributed by atoms with van der Waals surface area (Å²) >= 11 is 0. The van der Waals surface area contributed by atoms with Gasteiger partial charge in [0, 0.05) is 12.8 Å². The highest BCUT2D eigenvalue weighted by Gasteiger charge is 2.47. The third kappa shape index (κ3) is 27.3. The van der Waals surface area contributed by atoms with Gasteiger partial charge in [0.1, 0.15) is 24.9 Å². The van der Waals surface area contributed by atoms with Crippen molar-refractivity contribution in [2.45, 2.75) is 230 Å². The molecular formula is C45H80O11. The Labute approximate surface area is 339 Å². The van der Waals surface area contributed by atoms with Crippen molar-refractivity contribution in [3.63, 3.8) is 0 Å². The van der Waals surface area contributed by atoms with Gasteiger partial charge in [0.05, 0.1) is 6.61 Å². The molecule has 0 amide bonds. The highest BCUT2D eigenvalue weighted by Crippen LogP contribution is 2.23. The van der Waals surface area contributed by atoms with E-state index < -0.39 is 61.3 Å². The lowest BCUT2D eigenvalue weighted by Crippen LogP contribution is -2.60. The predicted octanol–water partition coefficient (Wildman–Crippen LogP) is 9.43. The van der Waals surface area contributed by atoms with Gasteiger partial charge in [0.2, 0.25) is 0 Å². The van der Waals surface area contributed by atoms with Crippen LogP contribution in [0.1, 0.15) is 194 Å². The number of hydrogen-bond acceptors (Lipinski definition) is 10. The number of carbonyl (C=O) groups excluding carboxylic acids is 2. The number of carboxylic acids is 1. The quantitative estimate of drug-likeness (QED) is 0.0268. The summed E-state index contributed by atoms with van der Waals surface area (Å²) in [6, 6.07) is 0. The van der Waals surface area contributed by atoms with Crippen LogP contribution in [0.4, 0.5) is 0 Å². The molecular weight excluding hydrogens is 716 g/mol. The molecule has 11 nitrogen and oxygen atoms in total. The lowest BCUT2D eigenvalue weighted by atomic mass is 9.99. The zero-order valence-electron chi connectivity index (χ0n) is 35.1. The van der Waals surface area contributed by atoms with E-state index >= 15 is 0 Å². The van der Waals surface area contributed by atoms with E-state index in [1.165, 1.54) is 89.9 Å². The fourth-order valence-corrected chi connectivity index (χ4v) is 6.73. The van der Waals surface area contributed by atoms with Crippen LogP contribution >= 0.6 is 0 Å². The molecule has 0 aromatic heterocycles. The molecule has 326 valence electrons. The molecule has 11 heteroatoms. The first-order valence-corrected chi connectivity index (χ1v) is 22.4. The number of allylic oxidation sites excluding steroid dienone is 4. The number of esters is 2. The van der Waals surface area contributed by atoms with E-state index in [9.17, 15) is 34.8 Å². The zero-order valence-corrected chi connectivity index (χ0v) is 35.1. The lowest BCUT2D eigenvalue weighted by molar-refractivity contribution is -0.298. The highest BCUT2D eigenvalue weighted by molar-refractivity contribution is 5.73. The SMILES string of the molecule is CCCCC/C=C\C/C=C\CCCCCCCC(=O)OCC(COC1OC(C(=O)O)C(O)C(O)C1O)OC(=O)CCCCCCCCCCCCCCCCC. The van der Waals surface area contributed by atoms with Crippen LogP contribution in [0.25, 0.3) is 0 Å². The molecule has 0 bridgehead atoms. The maximum Gasteiger partial charge on any atom is 0.335 e. The Hall–Kier alpha value is -2.31. The second-order valence-electron chi connectivity index (χ2n) is 15.5. The van der Waals surface area contributed by atoms with Crippen molar-refractivity contribution in [1.82, 2.24) is 0 Å². The number of rotatable bonds is 37. The second-order valence-corrected chi connectivity index (χ2v) is 15.5. The summed E-state index contributed by atoms with van der Waals surface area (Å²) in [5.41, 5.74) is 0. The van der Waals surface area contributed by atoms with Gasteiger partial charge in [0.25, 0.3) is 0 Å². The van der Waals surface area contributed by atoms with Gasteiger partial charge in [-0.25, -0.2) is 4.79 Å². The normalized spacial score (nSPS) is 20.5. The van der Waals surface area contributed by atoms with E-state index in [1.807, 2.05) is 0 Å². The molecule has 0 saturated carbocycles. The molecule has 1 aliphatic heterocycles. The third-order valence-electron chi connectivity index (χ3n) is 10.3. The summed E-state index contributed by atoms with van der Waals surface area (Å²) in [6.07, 6.45) is 29.4. The minimum atomic E-state index is -1.86. The topological polar surface area (TPSA) is 169 Å². The van der Waals surface area contributed by atoms with Crippen molar-refractivity contribution in [2.24, 2.45) is 0 Å². The second kappa shape index (κ2) is 35.8. The molecule has 56 heavy (non-hydrogen) atoms. The molecule has 1 heterocycles. The van der Waals surface area contributed by atoms with Crippen LogP contribution in [0, 0.1) is 0 Å². The lowest BCUT2D eigenvalue weighted by Gasteiger charge is -2.38. The van der Waals surface area contributed by atoms with Crippen LogP contribution in [0.3, 0.4) is 0 Å². The van der Waals surface area contributed by atoms with E-state index in [2.05, 4.69) is 38.2 Å². The first-order valence-electron chi connectivity index (χ1n) is 22.4. The summed E-state index contributed by atoms with van der Waals surface area (Å²) in [5.74, 6) is -2.45. The third-order valence-corrected chi connectivity index (χ3v) is 10.3. The van der Waals surface area contributed by atoms with E-state index in [0.29, 0.717) is 12.8 Å². The van der Waals surface area contributed by atoms with Gasteiger partial charge in [-0.1, -0.05) is 160 Å². The van der Waals surface area contributed by atoms with Crippen molar-refractivity contribution in [3.8, 4) is 0 Å². The number of aliphatic hydroxyl groups excluding tert-OH is 3. The number of ether oxygens (including phenoxy) is 4. The smallest absolute Gasteiger partial charge is 0.335 e. The molecule has 4 N–H and O–H groups in total. The van der Waals surface area contributed by atoms with Gasteiger partial charge in [-0.3, -0.25) is 9.59 Å². The number of unbranched alkanes of at least 4 members (excludes halogenated alkanes) is 22. The fourth-order valence-electron chi connectivity index (χ4n) is 6.73. The van der Waals surface area contributed by atoms with Crippen LogP contribution in [0.2, 0.25) is 0 Å². The molecule has 6 atom stereocenters. The Kier molecular flexibility index (Phi) is 33.1. The van der Waals surface area contributed by atoms with Crippen molar-refractivity contribution in [2.75, 3.05) is 13.2 Å². The molecule has 6 unspecified atom stereocenters. The monoisotopic (exact) mass is 797 g/mol. The van der Waals surface area contributed by atoms with Crippen LogP contribution in [-0.2, 0) is 33.3 Å². The van der Waals surface area contributed by atoms with E-state index in [1.54, 1.807) is 0 Å². The number of hydrogen-bond donors (Lipinski definition) is 4. The zero-order chi connectivity index (χ0) is 41.1. The van der Waals surface area contributed by atoms with E-state index in [-0.39, 0.29) is 19.4 Å². The number of aliphatic hydroxyl groups is 3. The summed E-state index contributed by atoms with van der Waals surface area (Å²) < 4.78 is 21.7. The van der Waals surface area contributed by atoms with Crippen LogP contribution in [-0.4, -0.2) is 88.4 Å². The van der Waals surface area contributed by atoms with Crippen molar-refractivity contribution >= 4 is 17.9 Å². The number of carboxylic acid groups (broad SMARTS) is 1. The molecule has 0 radical (unpaired) electrons. The van der Waals surface area contributed by atoms with E-state index in [0.717, 1.165) is 64.2 Å². The van der Waals surface area contributed by atoms with Crippen molar-refractivity contribution in [3.05, 3.63) is 24.3 Å². The molecule has 0 aromatic carbocycles. The Morgan fingerprint density at radius 2 is 1.00 bits per heavy atom. The Balaban J connectivity index is 2.38. The highest BCUT2D eigenvalue weighted by atomic mass is 16.7. The minimum Gasteiger partial charge on any atom is -0.479 e. The maximum atomic E-state index is 12.8. The molecule has 0 aromatic rings. The Morgan fingerprint density at radius 1 is 0.554 bits per heavy atom. The molecule has 0 spiro atoms. The fraction of sp³-hybridized carbons (Fsp3) is 0.844. The van der Waals surface area contributed by atoms with Gasteiger partial charge < -0.3 is 39.4 Å². The summed E-state index contributed by atoms with van der Waals surface area (Å²) in [6.45, 7) is 3.78. The van der Waals surface area contributed by atoms with Gasteiger partial charge in [-0.2, -0.15) is 0 Å². The van der Waals surface area contributed by atoms with Gasteiger partial charge in [0.15, 0.2) is 18.5 Å². The van der Waals surface area contributed by atoms with Crippen LogP contribution in [0.5, 0.6) is 0 Å². The number of aliphatic carboxylic acids is 1.